The molecule has 0 radical (unpaired) electrons. The molecule has 6 nitrogen and oxygen atoms in total. The van der Waals surface area contributed by atoms with Crippen LogP contribution in [0, 0.1) is 0 Å². The molecule has 0 unspecified atom stereocenters. The summed E-state index contributed by atoms with van der Waals surface area (Å²) >= 11 is 0. The van der Waals surface area contributed by atoms with Crippen LogP contribution in [0.1, 0.15) is 25.5 Å². The van der Waals surface area contributed by atoms with Crippen LogP contribution in [0.2, 0.25) is 0 Å². The molecule has 0 aromatic carbocycles. The highest BCUT2D eigenvalue weighted by atomic mass is 16.5. The minimum atomic E-state index is 0.581. The summed E-state index contributed by atoms with van der Waals surface area (Å²) in [5.41, 5.74) is 1.40. The topological polar surface area (TPSA) is 76.9 Å². The zero-order valence-electron chi connectivity index (χ0n) is 9.67. The van der Waals surface area contributed by atoms with Crippen molar-refractivity contribution in [3.05, 3.63) is 30.1 Å². The summed E-state index contributed by atoms with van der Waals surface area (Å²) in [7, 11) is 0. The van der Waals surface area contributed by atoms with Gasteiger partial charge in [0.1, 0.15) is 11.4 Å². The highest BCUT2D eigenvalue weighted by Crippen LogP contribution is 2.09. The van der Waals surface area contributed by atoms with E-state index in [-0.39, 0.29) is 0 Å². The number of nitrogens with zero attached hydrogens (tertiary/aromatic N) is 4. The van der Waals surface area contributed by atoms with E-state index >= 15 is 0 Å². The van der Waals surface area contributed by atoms with Crippen molar-refractivity contribution >= 4 is 12.1 Å². The molecule has 2 heterocycles. The second kappa shape index (κ2) is 5.40. The first kappa shape index (κ1) is 11.5. The van der Waals surface area contributed by atoms with Crippen LogP contribution < -0.4 is 0 Å². The van der Waals surface area contributed by atoms with Crippen LogP contribution in [0.4, 0.5) is 0 Å². The van der Waals surface area contributed by atoms with Crippen molar-refractivity contribution in [3.8, 4) is 0 Å². The molecule has 0 saturated carbocycles. The Labute approximate surface area is 99.4 Å². The standard InChI is InChI=1S/C11H15N5O/c1-2-3-4-16(17)7-9-5-13-11(15-9)10-6-12-8-14-10/h5-8,17H,2-4H2,1H3,(H,12,14)/b9-7+. The predicted molar refractivity (Wildman–Crippen MR) is 65.1 cm³/mol. The molecule has 90 valence electrons. The molecule has 0 bridgehead atoms. The van der Waals surface area contributed by atoms with Crippen molar-refractivity contribution < 1.29 is 5.21 Å². The van der Waals surface area contributed by atoms with E-state index < -0.39 is 0 Å². The number of hydrogen-bond donors (Lipinski definition) is 2. The van der Waals surface area contributed by atoms with E-state index in [0.717, 1.165) is 23.6 Å². The van der Waals surface area contributed by atoms with Gasteiger partial charge in [0.05, 0.1) is 24.9 Å². The smallest absolute Gasteiger partial charge is 0.178 e. The number of nitrogens with one attached hydrogen (secondary N) is 1. The molecule has 0 spiro atoms. The molecule has 0 amide bonds. The van der Waals surface area contributed by atoms with Crippen molar-refractivity contribution in [2.24, 2.45) is 9.98 Å². The number of aromatic amines is 1. The number of unbranched alkanes of at least 4 members (excludes halogenated alkanes) is 1. The number of aromatic nitrogens is 2. The first-order chi connectivity index (χ1) is 8.29. The Morgan fingerprint density at radius 1 is 1.53 bits per heavy atom. The SMILES string of the molecule is CCCCN(O)/C=C1\C=NC(c2cnc[nH]2)=N1. The van der Waals surface area contributed by atoms with E-state index in [2.05, 4.69) is 26.9 Å². The van der Waals surface area contributed by atoms with Gasteiger partial charge in [-0.15, -0.1) is 0 Å². The summed E-state index contributed by atoms with van der Waals surface area (Å²) in [4.78, 5) is 15.2. The normalized spacial score (nSPS) is 16.6. The summed E-state index contributed by atoms with van der Waals surface area (Å²) in [5.74, 6) is 0.581. The van der Waals surface area contributed by atoms with E-state index in [9.17, 15) is 5.21 Å². The molecule has 2 N–H and O–H groups in total. The van der Waals surface area contributed by atoms with Gasteiger partial charge in [0.25, 0.3) is 0 Å². The third kappa shape index (κ3) is 3.01. The maximum Gasteiger partial charge on any atom is 0.178 e. The maximum atomic E-state index is 9.56. The van der Waals surface area contributed by atoms with Gasteiger partial charge in [0.2, 0.25) is 0 Å². The monoisotopic (exact) mass is 233 g/mol. The van der Waals surface area contributed by atoms with Gasteiger partial charge in [-0.1, -0.05) is 13.3 Å². The summed E-state index contributed by atoms with van der Waals surface area (Å²) in [6.45, 7) is 2.68. The number of imidazole rings is 1. The number of hydrogen-bond acceptors (Lipinski definition) is 5. The second-order valence-electron chi connectivity index (χ2n) is 3.73. The minimum Gasteiger partial charge on any atom is -0.342 e. The molecule has 1 aliphatic rings. The summed E-state index contributed by atoms with van der Waals surface area (Å²) < 4.78 is 0. The molecule has 1 aliphatic heterocycles. The van der Waals surface area contributed by atoms with Crippen LogP contribution in [-0.2, 0) is 0 Å². The summed E-state index contributed by atoms with van der Waals surface area (Å²) in [5, 5.41) is 10.7. The van der Waals surface area contributed by atoms with Gasteiger partial charge in [-0.05, 0) is 6.42 Å². The van der Waals surface area contributed by atoms with Crippen LogP contribution in [0.25, 0.3) is 0 Å². The maximum absolute atomic E-state index is 9.56. The van der Waals surface area contributed by atoms with Gasteiger partial charge in [0, 0.05) is 6.54 Å². The quantitative estimate of drug-likeness (QED) is 0.758. The molecule has 0 saturated heterocycles. The number of allylic oxidation sites excluding steroid dienone is 1. The number of rotatable bonds is 5. The van der Waals surface area contributed by atoms with E-state index in [1.54, 1.807) is 24.9 Å². The van der Waals surface area contributed by atoms with Crippen LogP contribution in [0.3, 0.4) is 0 Å². The fourth-order valence-electron chi connectivity index (χ4n) is 1.41. The lowest BCUT2D eigenvalue weighted by molar-refractivity contribution is -0.0419. The highest BCUT2D eigenvalue weighted by molar-refractivity contribution is 6.09. The third-order valence-electron chi connectivity index (χ3n) is 2.32. The van der Waals surface area contributed by atoms with Gasteiger partial charge in [0.15, 0.2) is 5.84 Å². The molecule has 1 aromatic heterocycles. The van der Waals surface area contributed by atoms with Crippen LogP contribution in [-0.4, -0.2) is 38.8 Å². The van der Waals surface area contributed by atoms with Crippen LogP contribution in [0.5, 0.6) is 0 Å². The first-order valence-corrected chi connectivity index (χ1v) is 5.58. The van der Waals surface area contributed by atoms with E-state index in [0.29, 0.717) is 18.1 Å². The van der Waals surface area contributed by atoms with Gasteiger partial charge >= 0.3 is 0 Å². The number of H-pyrrole nitrogens is 1. The lowest BCUT2D eigenvalue weighted by Gasteiger charge is -2.10. The molecule has 1 aromatic rings. The molecule has 0 atom stereocenters. The molecule has 0 aliphatic carbocycles. The lowest BCUT2D eigenvalue weighted by atomic mass is 10.3. The van der Waals surface area contributed by atoms with Crippen molar-refractivity contribution in [1.29, 1.82) is 0 Å². The zero-order valence-corrected chi connectivity index (χ0v) is 9.67. The third-order valence-corrected chi connectivity index (χ3v) is 2.32. The Bertz CT molecular complexity index is 446. The number of aliphatic imine (C=N–C) groups is 2. The van der Waals surface area contributed by atoms with Gasteiger partial charge in [-0.25, -0.2) is 15.0 Å². The molecule has 17 heavy (non-hydrogen) atoms. The van der Waals surface area contributed by atoms with Gasteiger partial charge in [-0.2, -0.15) is 0 Å². The fourth-order valence-corrected chi connectivity index (χ4v) is 1.41. The molecule has 0 fully saturated rings. The van der Waals surface area contributed by atoms with E-state index in [4.69, 9.17) is 0 Å². The van der Waals surface area contributed by atoms with E-state index in [1.807, 2.05) is 0 Å². The fraction of sp³-hybridized carbons (Fsp3) is 0.364. The molecule has 6 heteroatoms. The summed E-state index contributed by atoms with van der Waals surface area (Å²) in [6, 6.07) is 0. The second-order valence-corrected chi connectivity index (χ2v) is 3.73. The lowest BCUT2D eigenvalue weighted by Crippen LogP contribution is -2.13. The number of amidine groups is 1. The Morgan fingerprint density at radius 2 is 2.41 bits per heavy atom. The molecular weight excluding hydrogens is 218 g/mol. The highest BCUT2D eigenvalue weighted by Gasteiger charge is 2.10. The predicted octanol–water partition coefficient (Wildman–Crippen LogP) is 1.57. The Kier molecular flexibility index (Phi) is 3.66. The molecular formula is C11H15N5O. The average molecular weight is 233 g/mol. The van der Waals surface area contributed by atoms with Crippen LogP contribution in [0.15, 0.2) is 34.4 Å². The van der Waals surface area contributed by atoms with Crippen molar-refractivity contribution in [2.75, 3.05) is 6.54 Å². The van der Waals surface area contributed by atoms with Crippen LogP contribution >= 0.6 is 0 Å². The molecule has 2 rings (SSSR count). The van der Waals surface area contributed by atoms with Crippen molar-refractivity contribution in [1.82, 2.24) is 15.0 Å². The average Bonchev–Trinajstić information content (AvgIpc) is 2.95. The van der Waals surface area contributed by atoms with E-state index in [1.165, 1.54) is 0 Å². The minimum absolute atomic E-state index is 0.581. The Hall–Kier alpha value is -1.95. The number of hydroxylamine groups is 2. The van der Waals surface area contributed by atoms with Crippen molar-refractivity contribution in [2.45, 2.75) is 19.8 Å². The largest absolute Gasteiger partial charge is 0.342 e. The van der Waals surface area contributed by atoms with Crippen molar-refractivity contribution in [3.63, 3.8) is 0 Å². The first-order valence-electron chi connectivity index (χ1n) is 5.58. The van der Waals surface area contributed by atoms with Gasteiger partial charge in [-0.3, -0.25) is 10.3 Å². The Morgan fingerprint density at radius 3 is 3.12 bits per heavy atom. The Balaban J connectivity index is 2.01. The zero-order chi connectivity index (χ0) is 12.1. The summed E-state index contributed by atoms with van der Waals surface area (Å²) in [6.07, 6.45) is 8.40. The van der Waals surface area contributed by atoms with Gasteiger partial charge < -0.3 is 4.98 Å².